The first-order valence-electron chi connectivity index (χ1n) is 4.70. The average molecular weight is 350 g/mol. The zero-order chi connectivity index (χ0) is 11.9. The van der Waals surface area contributed by atoms with E-state index in [2.05, 4.69) is 43.1 Å². The first kappa shape index (κ1) is 11.8. The molecule has 0 aromatic carbocycles. The van der Waals surface area contributed by atoms with Crippen LogP contribution in [0.1, 0.15) is 20.8 Å². The summed E-state index contributed by atoms with van der Waals surface area (Å²) in [4.78, 5) is 16.0. The van der Waals surface area contributed by atoms with Crippen LogP contribution >= 0.6 is 33.9 Å². The molecule has 2 aromatic heterocycles. The number of nitrogens with one attached hydrogen (secondary N) is 2. The average Bonchev–Trinajstić information content (AvgIpc) is 2.67. The summed E-state index contributed by atoms with van der Waals surface area (Å²) in [6, 6.07) is 0. The van der Waals surface area contributed by atoms with Crippen molar-refractivity contribution in [3.8, 4) is 0 Å². The maximum Gasteiger partial charge on any atom is 0.231 e. The van der Waals surface area contributed by atoms with Gasteiger partial charge in [0.05, 0.1) is 0 Å². The van der Waals surface area contributed by atoms with Gasteiger partial charge in [-0.25, -0.2) is 4.98 Å². The van der Waals surface area contributed by atoms with Crippen LogP contribution in [0, 0.1) is 9.12 Å². The Hall–Kier alpha value is -0.700. The van der Waals surface area contributed by atoms with Crippen LogP contribution in [0.2, 0.25) is 0 Å². The Morgan fingerprint density at radius 2 is 2.19 bits per heavy atom. The summed E-state index contributed by atoms with van der Waals surface area (Å²) in [5, 5.41) is 10.2. The highest BCUT2D eigenvalue weighted by molar-refractivity contribution is 14.1. The molecule has 2 N–H and O–H groups in total. The molecule has 2 rings (SSSR count). The Balaban J connectivity index is 2.25. The molecule has 0 saturated carbocycles. The third kappa shape index (κ3) is 2.19. The van der Waals surface area contributed by atoms with Crippen LogP contribution in [-0.2, 0) is 4.79 Å². The van der Waals surface area contributed by atoms with E-state index in [4.69, 9.17) is 0 Å². The molecular weight excluding hydrogens is 339 g/mol. The lowest BCUT2D eigenvalue weighted by Crippen LogP contribution is -2.27. The number of thiazole rings is 1. The van der Waals surface area contributed by atoms with Crippen molar-refractivity contribution in [2.24, 2.45) is 5.41 Å². The summed E-state index contributed by atoms with van der Waals surface area (Å²) in [6.45, 7) is 5.60. The number of amides is 1. The molecule has 86 valence electrons. The lowest BCUT2D eigenvalue weighted by molar-refractivity contribution is -0.123. The normalized spacial score (nSPS) is 12.0. The number of anilines is 1. The van der Waals surface area contributed by atoms with Crippen LogP contribution in [0.4, 0.5) is 5.13 Å². The number of fused-ring (bicyclic) bond motifs is 1. The summed E-state index contributed by atoms with van der Waals surface area (Å²) >= 11 is 3.56. The number of halogens is 1. The Kier molecular flexibility index (Phi) is 2.91. The highest BCUT2D eigenvalue weighted by Crippen LogP contribution is 2.29. The highest BCUT2D eigenvalue weighted by atomic mass is 127. The molecule has 2 heterocycles. The summed E-state index contributed by atoms with van der Waals surface area (Å²) in [6.07, 6.45) is 0. The predicted octanol–water partition coefficient (Wildman–Crippen LogP) is 2.61. The summed E-state index contributed by atoms with van der Waals surface area (Å²) in [5.41, 5.74) is 0.309. The SMILES string of the molecule is CC(C)(C)C(=O)Nc1nc2[nH]nc(I)c2s1. The first-order valence-corrected chi connectivity index (χ1v) is 6.59. The van der Waals surface area contributed by atoms with E-state index < -0.39 is 5.41 Å². The monoisotopic (exact) mass is 350 g/mol. The van der Waals surface area contributed by atoms with Gasteiger partial charge in [0.2, 0.25) is 5.91 Å². The fraction of sp³-hybridized carbons (Fsp3) is 0.444. The topological polar surface area (TPSA) is 70.7 Å². The molecule has 0 aliphatic carbocycles. The third-order valence-electron chi connectivity index (χ3n) is 1.98. The van der Waals surface area contributed by atoms with Gasteiger partial charge in [-0.05, 0) is 22.6 Å². The van der Waals surface area contributed by atoms with Gasteiger partial charge >= 0.3 is 0 Å². The largest absolute Gasteiger partial charge is 0.301 e. The first-order chi connectivity index (χ1) is 7.38. The second-order valence-electron chi connectivity index (χ2n) is 4.42. The van der Waals surface area contributed by atoms with Gasteiger partial charge < -0.3 is 5.32 Å². The van der Waals surface area contributed by atoms with E-state index in [1.165, 1.54) is 11.3 Å². The van der Waals surface area contributed by atoms with Gasteiger partial charge in [-0.15, -0.1) is 0 Å². The van der Waals surface area contributed by atoms with Crippen molar-refractivity contribution in [3.05, 3.63) is 3.70 Å². The smallest absolute Gasteiger partial charge is 0.231 e. The summed E-state index contributed by atoms with van der Waals surface area (Å²) < 4.78 is 1.85. The molecule has 0 radical (unpaired) electrons. The summed E-state index contributed by atoms with van der Waals surface area (Å²) in [7, 11) is 0. The van der Waals surface area contributed by atoms with Gasteiger partial charge in [0.1, 0.15) is 8.40 Å². The number of rotatable bonds is 1. The quantitative estimate of drug-likeness (QED) is 0.777. The van der Waals surface area contributed by atoms with Crippen molar-refractivity contribution in [2.75, 3.05) is 5.32 Å². The van der Waals surface area contributed by atoms with Gasteiger partial charge in [-0.1, -0.05) is 32.1 Å². The van der Waals surface area contributed by atoms with Gasteiger partial charge in [0.15, 0.2) is 10.8 Å². The molecule has 1 amide bonds. The molecule has 0 aliphatic heterocycles. The number of nitrogens with zero attached hydrogens (tertiary/aromatic N) is 2. The van der Waals surface area contributed by atoms with Crippen molar-refractivity contribution in [1.82, 2.24) is 15.2 Å². The van der Waals surface area contributed by atoms with Crippen LogP contribution in [0.25, 0.3) is 10.3 Å². The minimum Gasteiger partial charge on any atom is -0.301 e. The number of hydrogen-bond donors (Lipinski definition) is 2. The minimum atomic E-state index is -0.412. The van der Waals surface area contributed by atoms with Gasteiger partial charge in [0, 0.05) is 5.41 Å². The predicted molar refractivity (Wildman–Crippen MR) is 72.6 cm³/mol. The van der Waals surface area contributed by atoms with Crippen LogP contribution in [0.5, 0.6) is 0 Å². The Bertz CT molecular complexity index is 539. The fourth-order valence-corrected chi connectivity index (χ4v) is 2.52. The third-order valence-corrected chi connectivity index (χ3v) is 4.10. The second-order valence-corrected chi connectivity index (χ2v) is 6.44. The van der Waals surface area contributed by atoms with E-state index in [0.717, 1.165) is 14.0 Å². The molecule has 0 atom stereocenters. The van der Waals surface area contributed by atoms with Crippen LogP contribution < -0.4 is 5.32 Å². The maximum atomic E-state index is 11.7. The molecule has 7 heteroatoms. The second kappa shape index (κ2) is 3.95. The molecule has 0 spiro atoms. The molecule has 0 aliphatic rings. The number of aromatic amines is 1. The molecule has 0 unspecified atom stereocenters. The molecule has 2 aromatic rings. The lowest BCUT2D eigenvalue weighted by atomic mass is 9.96. The van der Waals surface area contributed by atoms with E-state index in [0.29, 0.717) is 5.13 Å². The van der Waals surface area contributed by atoms with Crippen molar-refractivity contribution in [2.45, 2.75) is 20.8 Å². The Morgan fingerprint density at radius 3 is 2.75 bits per heavy atom. The van der Waals surface area contributed by atoms with E-state index in [-0.39, 0.29) is 5.91 Å². The Morgan fingerprint density at radius 1 is 1.50 bits per heavy atom. The molecule has 0 fully saturated rings. The van der Waals surface area contributed by atoms with E-state index >= 15 is 0 Å². The zero-order valence-electron chi connectivity index (χ0n) is 9.09. The van der Waals surface area contributed by atoms with Crippen molar-refractivity contribution >= 4 is 55.3 Å². The van der Waals surface area contributed by atoms with Crippen molar-refractivity contribution in [1.29, 1.82) is 0 Å². The van der Waals surface area contributed by atoms with Gasteiger partial charge in [-0.3, -0.25) is 9.89 Å². The zero-order valence-corrected chi connectivity index (χ0v) is 12.1. The van der Waals surface area contributed by atoms with E-state index in [1.54, 1.807) is 0 Å². The Labute approximate surface area is 110 Å². The van der Waals surface area contributed by atoms with E-state index in [9.17, 15) is 4.79 Å². The summed E-state index contributed by atoms with van der Waals surface area (Å²) in [5.74, 6) is -0.0353. The van der Waals surface area contributed by atoms with E-state index in [1.807, 2.05) is 20.8 Å². The highest BCUT2D eigenvalue weighted by Gasteiger charge is 2.22. The van der Waals surface area contributed by atoms with Crippen LogP contribution in [0.3, 0.4) is 0 Å². The molecular formula is C9H11IN4OS. The van der Waals surface area contributed by atoms with Crippen molar-refractivity contribution < 1.29 is 4.79 Å². The van der Waals surface area contributed by atoms with Crippen LogP contribution in [0.15, 0.2) is 0 Å². The molecule has 5 nitrogen and oxygen atoms in total. The molecule has 0 bridgehead atoms. The standard InChI is InChI=1S/C9H11IN4OS/c1-9(2,3)7(15)12-8-11-6-4(16-8)5(10)13-14-6/h1-3H3,(H2,11,12,13,14,15). The number of hydrogen-bond acceptors (Lipinski definition) is 4. The van der Waals surface area contributed by atoms with Gasteiger partial charge in [0.25, 0.3) is 0 Å². The van der Waals surface area contributed by atoms with Gasteiger partial charge in [-0.2, -0.15) is 5.10 Å². The molecule has 16 heavy (non-hydrogen) atoms. The van der Waals surface area contributed by atoms with Crippen molar-refractivity contribution in [3.63, 3.8) is 0 Å². The number of carbonyl (C=O) groups is 1. The fourth-order valence-electron chi connectivity index (χ4n) is 1.03. The maximum absolute atomic E-state index is 11.7. The minimum absolute atomic E-state index is 0.0353. The molecule has 0 saturated heterocycles. The number of carbonyl (C=O) groups excluding carboxylic acids is 1. The van der Waals surface area contributed by atoms with Crippen LogP contribution in [-0.4, -0.2) is 21.1 Å². The lowest BCUT2D eigenvalue weighted by Gasteiger charge is -2.15. The number of H-pyrrole nitrogens is 1. The number of aromatic nitrogens is 3.